The highest BCUT2D eigenvalue weighted by molar-refractivity contribution is 6.68. The third-order valence-electron chi connectivity index (χ3n) is 1.50. The monoisotopic (exact) mass is 242 g/mol. The maximum Gasteiger partial charge on any atom is 0.417 e. The zero-order chi connectivity index (χ0) is 10.9. The molecule has 0 fully saturated rings. The Bertz CT molecular complexity index is 373. The summed E-state index contributed by atoms with van der Waals surface area (Å²) < 4.78 is 37.0. The van der Waals surface area contributed by atoms with Crippen LogP contribution >= 0.6 is 23.2 Å². The highest BCUT2D eigenvalue weighted by atomic mass is 35.5. The van der Waals surface area contributed by atoms with E-state index in [1.165, 1.54) is 6.07 Å². The highest BCUT2D eigenvalue weighted by Gasteiger charge is 2.35. The van der Waals surface area contributed by atoms with Crippen LogP contribution in [0.3, 0.4) is 0 Å². The second-order valence-corrected chi connectivity index (χ2v) is 3.24. The van der Waals surface area contributed by atoms with Gasteiger partial charge in [-0.15, -0.1) is 0 Å². The molecular weight excluding hydrogens is 240 g/mol. The molecule has 0 aromatic heterocycles. The van der Waals surface area contributed by atoms with Crippen molar-refractivity contribution in [2.75, 3.05) is 0 Å². The minimum absolute atomic E-state index is 0.0982. The molecule has 76 valence electrons. The average Bonchev–Trinajstić information content (AvgIpc) is 2.01. The number of hydrogen-bond acceptors (Lipinski definition) is 1. The molecule has 0 unspecified atom stereocenters. The van der Waals surface area contributed by atoms with E-state index in [-0.39, 0.29) is 5.02 Å². The number of hydrogen-bond donors (Lipinski definition) is 0. The molecule has 0 N–H and O–H groups in total. The number of halogens is 5. The first-order valence-corrected chi connectivity index (χ1v) is 4.14. The molecule has 0 bridgehead atoms. The summed E-state index contributed by atoms with van der Waals surface area (Å²) in [7, 11) is 0. The predicted molar refractivity (Wildman–Crippen MR) is 46.6 cm³/mol. The van der Waals surface area contributed by atoms with E-state index in [2.05, 4.69) is 0 Å². The summed E-state index contributed by atoms with van der Waals surface area (Å²) in [5, 5.41) is -1.26. The van der Waals surface area contributed by atoms with Crippen molar-refractivity contribution in [2.24, 2.45) is 0 Å². The van der Waals surface area contributed by atoms with E-state index in [0.717, 1.165) is 6.07 Å². The Balaban J connectivity index is 3.38. The normalized spacial score (nSPS) is 11.5. The molecule has 0 aliphatic rings. The third-order valence-corrected chi connectivity index (χ3v) is 1.94. The molecule has 14 heavy (non-hydrogen) atoms. The van der Waals surface area contributed by atoms with E-state index in [0.29, 0.717) is 6.07 Å². The van der Waals surface area contributed by atoms with E-state index in [1.807, 2.05) is 0 Å². The molecule has 0 radical (unpaired) electrons. The lowest BCUT2D eigenvalue weighted by molar-refractivity contribution is -0.137. The fourth-order valence-corrected chi connectivity index (χ4v) is 1.26. The van der Waals surface area contributed by atoms with Crippen LogP contribution < -0.4 is 0 Å². The van der Waals surface area contributed by atoms with Crippen LogP contribution in [0, 0.1) is 0 Å². The Morgan fingerprint density at radius 3 is 2.29 bits per heavy atom. The smallest absolute Gasteiger partial charge is 0.276 e. The van der Waals surface area contributed by atoms with E-state index >= 15 is 0 Å². The molecule has 1 aromatic carbocycles. The Hall–Kier alpha value is -0.740. The zero-order valence-corrected chi connectivity index (χ0v) is 8.04. The quantitative estimate of drug-likeness (QED) is 0.686. The van der Waals surface area contributed by atoms with Crippen molar-refractivity contribution >= 4 is 28.4 Å². The summed E-state index contributed by atoms with van der Waals surface area (Å²) in [6.45, 7) is 0. The van der Waals surface area contributed by atoms with Gasteiger partial charge in [0.15, 0.2) is 0 Å². The third kappa shape index (κ3) is 2.39. The molecule has 1 aromatic rings. The first-order chi connectivity index (χ1) is 6.32. The molecule has 0 saturated carbocycles. The zero-order valence-electron chi connectivity index (χ0n) is 6.53. The first-order valence-electron chi connectivity index (χ1n) is 3.39. The van der Waals surface area contributed by atoms with Crippen molar-refractivity contribution in [3.8, 4) is 0 Å². The van der Waals surface area contributed by atoms with Crippen LogP contribution in [-0.4, -0.2) is 5.24 Å². The molecule has 1 nitrogen and oxygen atoms in total. The van der Waals surface area contributed by atoms with Crippen LogP contribution in [0.4, 0.5) is 13.2 Å². The highest BCUT2D eigenvalue weighted by Crippen LogP contribution is 2.34. The van der Waals surface area contributed by atoms with Gasteiger partial charge >= 0.3 is 6.18 Å². The molecule has 0 heterocycles. The fourth-order valence-electron chi connectivity index (χ4n) is 0.922. The molecule has 0 aliphatic heterocycles. The lowest BCUT2D eigenvalue weighted by Gasteiger charge is -2.09. The van der Waals surface area contributed by atoms with Gasteiger partial charge in [0.2, 0.25) is 0 Å². The summed E-state index contributed by atoms with van der Waals surface area (Å²) in [5.74, 6) is 0. The minimum Gasteiger partial charge on any atom is -0.276 e. The van der Waals surface area contributed by atoms with Crippen LogP contribution in [0.5, 0.6) is 0 Å². The Kier molecular flexibility index (Phi) is 3.07. The number of benzene rings is 1. The molecule has 0 spiro atoms. The van der Waals surface area contributed by atoms with E-state index in [1.54, 1.807) is 0 Å². The standard InChI is InChI=1S/C8H3Cl2F3O/c9-4-1-2-5(7(10)14)6(3-4)8(11,12)13/h1-3H. The van der Waals surface area contributed by atoms with Crippen molar-refractivity contribution in [3.63, 3.8) is 0 Å². The number of alkyl halides is 3. The summed E-state index contributed by atoms with van der Waals surface area (Å²) in [4.78, 5) is 10.6. The van der Waals surface area contributed by atoms with Crippen molar-refractivity contribution in [3.05, 3.63) is 34.3 Å². The SMILES string of the molecule is O=C(Cl)c1ccc(Cl)cc1C(F)(F)F. The summed E-state index contributed by atoms with van der Waals surface area (Å²) in [5.41, 5.74) is -1.71. The first kappa shape index (κ1) is 11.3. The van der Waals surface area contributed by atoms with Crippen molar-refractivity contribution in [1.29, 1.82) is 0 Å². The minimum atomic E-state index is -4.63. The summed E-state index contributed by atoms with van der Waals surface area (Å²) >= 11 is 10.4. The van der Waals surface area contributed by atoms with Crippen molar-refractivity contribution in [1.82, 2.24) is 0 Å². The maximum absolute atomic E-state index is 12.3. The Morgan fingerprint density at radius 1 is 1.29 bits per heavy atom. The Labute approximate surface area is 87.4 Å². The molecule has 1 rings (SSSR count). The van der Waals surface area contributed by atoms with Crippen LogP contribution in [0.25, 0.3) is 0 Å². The van der Waals surface area contributed by atoms with Gasteiger partial charge in [-0.25, -0.2) is 0 Å². The number of carbonyl (C=O) groups excluding carboxylic acids is 1. The van der Waals surface area contributed by atoms with Crippen molar-refractivity contribution in [2.45, 2.75) is 6.18 Å². The van der Waals surface area contributed by atoms with Crippen LogP contribution in [-0.2, 0) is 6.18 Å². The number of rotatable bonds is 1. The van der Waals surface area contributed by atoms with Gasteiger partial charge in [0.25, 0.3) is 5.24 Å². The van der Waals surface area contributed by atoms with Gasteiger partial charge in [-0.2, -0.15) is 13.2 Å². The molecule has 6 heteroatoms. The van der Waals surface area contributed by atoms with Gasteiger partial charge < -0.3 is 0 Å². The van der Waals surface area contributed by atoms with E-state index < -0.39 is 22.5 Å². The average molecular weight is 243 g/mol. The topological polar surface area (TPSA) is 17.1 Å². The van der Waals surface area contributed by atoms with Crippen LogP contribution in [0.1, 0.15) is 15.9 Å². The van der Waals surface area contributed by atoms with Crippen LogP contribution in [0.2, 0.25) is 5.02 Å². The Morgan fingerprint density at radius 2 is 1.86 bits per heavy atom. The molecule has 0 atom stereocenters. The molecule has 0 aliphatic carbocycles. The van der Waals surface area contributed by atoms with Gasteiger partial charge in [-0.3, -0.25) is 4.79 Å². The largest absolute Gasteiger partial charge is 0.417 e. The predicted octanol–water partition coefficient (Wildman–Crippen LogP) is 3.74. The lowest BCUT2D eigenvalue weighted by Crippen LogP contribution is -2.10. The molecular formula is C8H3Cl2F3O. The molecule has 0 amide bonds. The number of carbonyl (C=O) groups is 1. The van der Waals surface area contributed by atoms with Gasteiger partial charge in [0.1, 0.15) is 0 Å². The van der Waals surface area contributed by atoms with Gasteiger partial charge in [-0.05, 0) is 29.8 Å². The van der Waals surface area contributed by atoms with Gasteiger partial charge in [0, 0.05) is 10.6 Å². The van der Waals surface area contributed by atoms with Gasteiger partial charge in [0.05, 0.1) is 5.56 Å². The van der Waals surface area contributed by atoms with E-state index in [9.17, 15) is 18.0 Å². The summed E-state index contributed by atoms with van der Waals surface area (Å²) in [6.07, 6.45) is -4.63. The molecule has 0 saturated heterocycles. The fraction of sp³-hybridized carbons (Fsp3) is 0.125. The van der Waals surface area contributed by atoms with Gasteiger partial charge in [-0.1, -0.05) is 11.6 Å². The van der Waals surface area contributed by atoms with Crippen LogP contribution in [0.15, 0.2) is 18.2 Å². The second-order valence-electron chi connectivity index (χ2n) is 2.46. The maximum atomic E-state index is 12.3. The second kappa shape index (κ2) is 3.79. The lowest BCUT2D eigenvalue weighted by atomic mass is 10.1. The summed E-state index contributed by atoms with van der Waals surface area (Å²) in [6, 6.07) is 2.78. The van der Waals surface area contributed by atoms with E-state index in [4.69, 9.17) is 23.2 Å². The van der Waals surface area contributed by atoms with Crippen molar-refractivity contribution < 1.29 is 18.0 Å².